The molecular formula is C13H19N5O2. The van der Waals surface area contributed by atoms with Gasteiger partial charge in [0.15, 0.2) is 5.82 Å². The molecule has 2 aliphatic heterocycles. The fourth-order valence-electron chi connectivity index (χ4n) is 3.09. The Bertz CT molecular complexity index is 521. The van der Waals surface area contributed by atoms with Crippen molar-refractivity contribution in [2.45, 2.75) is 25.3 Å². The Balaban J connectivity index is 1.78. The number of hydrogen-bond donors (Lipinski definition) is 2. The number of fused-ring (bicyclic) bond motifs is 1. The third kappa shape index (κ3) is 2.23. The summed E-state index contributed by atoms with van der Waals surface area (Å²) in [6, 6.07) is 0.289. The summed E-state index contributed by atoms with van der Waals surface area (Å²) in [5, 5.41) is 3.07. The number of carbonyl (C=O) groups excluding carboxylic acids is 1. The van der Waals surface area contributed by atoms with Crippen molar-refractivity contribution in [2.24, 2.45) is 5.92 Å². The summed E-state index contributed by atoms with van der Waals surface area (Å²) >= 11 is 0. The molecule has 108 valence electrons. The van der Waals surface area contributed by atoms with E-state index in [0.717, 1.165) is 31.7 Å². The first kappa shape index (κ1) is 13.0. The number of hydrogen-bond acceptors (Lipinski definition) is 6. The van der Waals surface area contributed by atoms with E-state index in [-0.39, 0.29) is 11.9 Å². The van der Waals surface area contributed by atoms with Crippen LogP contribution in [0.1, 0.15) is 19.3 Å². The van der Waals surface area contributed by atoms with Crippen molar-refractivity contribution in [3.8, 4) is 5.88 Å². The van der Waals surface area contributed by atoms with Crippen LogP contribution in [0.4, 0.5) is 11.5 Å². The highest BCUT2D eigenvalue weighted by Gasteiger charge is 2.34. The van der Waals surface area contributed by atoms with Gasteiger partial charge in [-0.05, 0) is 18.8 Å². The Morgan fingerprint density at radius 1 is 1.45 bits per heavy atom. The summed E-state index contributed by atoms with van der Waals surface area (Å²) < 4.78 is 5.14. The zero-order chi connectivity index (χ0) is 14.1. The normalized spacial score (nSPS) is 25.9. The molecule has 20 heavy (non-hydrogen) atoms. The van der Waals surface area contributed by atoms with Gasteiger partial charge in [-0.1, -0.05) is 0 Å². The van der Waals surface area contributed by atoms with Gasteiger partial charge in [-0.3, -0.25) is 4.79 Å². The molecule has 7 nitrogen and oxygen atoms in total. The minimum atomic E-state index is 0.169. The van der Waals surface area contributed by atoms with Gasteiger partial charge in [0, 0.05) is 25.6 Å². The lowest BCUT2D eigenvalue weighted by atomic mass is 9.85. The number of nitrogen functional groups attached to an aromatic ring is 1. The van der Waals surface area contributed by atoms with Crippen molar-refractivity contribution in [3.63, 3.8) is 0 Å². The highest BCUT2D eigenvalue weighted by molar-refractivity contribution is 5.77. The van der Waals surface area contributed by atoms with Crippen LogP contribution < -0.4 is 20.7 Å². The Morgan fingerprint density at radius 3 is 3.10 bits per heavy atom. The highest BCUT2D eigenvalue weighted by atomic mass is 16.5. The topological polar surface area (TPSA) is 93.4 Å². The van der Waals surface area contributed by atoms with Gasteiger partial charge in [0.05, 0.1) is 7.11 Å². The Morgan fingerprint density at radius 2 is 2.30 bits per heavy atom. The van der Waals surface area contributed by atoms with E-state index in [1.807, 2.05) is 0 Å². The number of aromatic nitrogens is 2. The number of amides is 1. The Hall–Kier alpha value is -2.05. The van der Waals surface area contributed by atoms with E-state index < -0.39 is 0 Å². The van der Waals surface area contributed by atoms with E-state index >= 15 is 0 Å². The molecule has 0 aliphatic carbocycles. The highest BCUT2D eigenvalue weighted by Crippen LogP contribution is 2.32. The van der Waals surface area contributed by atoms with E-state index in [4.69, 9.17) is 10.5 Å². The Kier molecular flexibility index (Phi) is 3.33. The molecule has 3 N–H and O–H groups in total. The van der Waals surface area contributed by atoms with Crippen LogP contribution in [0.3, 0.4) is 0 Å². The molecule has 3 rings (SSSR count). The van der Waals surface area contributed by atoms with E-state index in [0.29, 0.717) is 23.9 Å². The summed E-state index contributed by atoms with van der Waals surface area (Å²) in [4.78, 5) is 21.9. The average Bonchev–Trinajstić information content (AvgIpc) is 2.47. The molecule has 2 saturated heterocycles. The molecule has 2 unspecified atom stereocenters. The lowest BCUT2D eigenvalue weighted by molar-refractivity contribution is -0.124. The smallest absolute Gasteiger partial charge is 0.242 e. The summed E-state index contributed by atoms with van der Waals surface area (Å²) in [5.74, 6) is 1.77. The zero-order valence-corrected chi connectivity index (χ0v) is 11.5. The molecule has 7 heteroatoms. The molecular weight excluding hydrogens is 258 g/mol. The van der Waals surface area contributed by atoms with Crippen molar-refractivity contribution in [3.05, 3.63) is 6.33 Å². The van der Waals surface area contributed by atoms with Gasteiger partial charge in [-0.2, -0.15) is 4.98 Å². The minimum absolute atomic E-state index is 0.169. The van der Waals surface area contributed by atoms with Crippen molar-refractivity contribution < 1.29 is 9.53 Å². The number of rotatable bonds is 2. The fraction of sp³-hybridized carbons (Fsp3) is 0.615. The summed E-state index contributed by atoms with van der Waals surface area (Å²) in [7, 11) is 1.55. The van der Waals surface area contributed by atoms with Crippen molar-refractivity contribution >= 4 is 17.4 Å². The fourth-order valence-corrected chi connectivity index (χ4v) is 3.09. The number of carbonyl (C=O) groups is 1. The van der Waals surface area contributed by atoms with Crippen LogP contribution in [0.15, 0.2) is 6.33 Å². The zero-order valence-electron chi connectivity index (χ0n) is 11.5. The minimum Gasteiger partial charge on any atom is -0.479 e. The van der Waals surface area contributed by atoms with E-state index in [2.05, 4.69) is 20.2 Å². The first-order valence-electron chi connectivity index (χ1n) is 6.88. The second-order valence-corrected chi connectivity index (χ2v) is 5.33. The predicted octanol–water partition coefficient (Wildman–Crippen LogP) is 0.172. The molecule has 2 aliphatic rings. The molecule has 2 atom stereocenters. The molecule has 1 amide bonds. The molecule has 2 fully saturated rings. The van der Waals surface area contributed by atoms with Gasteiger partial charge in [0.25, 0.3) is 0 Å². The van der Waals surface area contributed by atoms with Gasteiger partial charge in [-0.15, -0.1) is 0 Å². The van der Waals surface area contributed by atoms with Gasteiger partial charge < -0.3 is 20.7 Å². The maximum Gasteiger partial charge on any atom is 0.242 e. The number of piperidine rings is 2. The standard InChI is InChI=1S/C13H19N5O2/c1-20-13-11(14)12(15-7-16-13)18-5-4-9-8(6-18)2-3-10(19)17-9/h7-9H,2-6,14H2,1H3,(H,17,19). The van der Waals surface area contributed by atoms with Crippen molar-refractivity contribution in [1.82, 2.24) is 15.3 Å². The number of ether oxygens (including phenoxy) is 1. The molecule has 1 aromatic heterocycles. The molecule has 0 spiro atoms. The summed E-state index contributed by atoms with van der Waals surface area (Å²) in [6.45, 7) is 1.68. The summed E-state index contributed by atoms with van der Waals surface area (Å²) in [5.41, 5.74) is 6.53. The van der Waals surface area contributed by atoms with Crippen molar-refractivity contribution in [2.75, 3.05) is 30.8 Å². The summed E-state index contributed by atoms with van der Waals surface area (Å²) in [6.07, 6.45) is 3.92. The van der Waals surface area contributed by atoms with Crippen LogP contribution in [0, 0.1) is 5.92 Å². The van der Waals surface area contributed by atoms with Gasteiger partial charge in [-0.25, -0.2) is 4.98 Å². The largest absolute Gasteiger partial charge is 0.479 e. The maximum absolute atomic E-state index is 11.4. The van der Waals surface area contributed by atoms with Crippen LogP contribution in [-0.4, -0.2) is 42.1 Å². The molecule has 3 heterocycles. The SMILES string of the molecule is COc1ncnc(N2CCC3NC(=O)CCC3C2)c1N. The predicted molar refractivity (Wildman–Crippen MR) is 74.5 cm³/mol. The van der Waals surface area contributed by atoms with Gasteiger partial charge in [0.2, 0.25) is 11.8 Å². The number of anilines is 2. The van der Waals surface area contributed by atoms with E-state index in [9.17, 15) is 4.79 Å². The van der Waals surface area contributed by atoms with Crippen molar-refractivity contribution in [1.29, 1.82) is 0 Å². The average molecular weight is 277 g/mol. The second-order valence-electron chi connectivity index (χ2n) is 5.33. The lowest BCUT2D eigenvalue weighted by Gasteiger charge is -2.42. The molecule has 0 radical (unpaired) electrons. The molecule has 1 aromatic rings. The Labute approximate surface area is 117 Å². The van der Waals surface area contributed by atoms with E-state index in [1.54, 1.807) is 7.11 Å². The number of methoxy groups -OCH3 is 1. The third-order valence-electron chi connectivity index (χ3n) is 4.14. The first-order valence-corrected chi connectivity index (χ1v) is 6.88. The van der Waals surface area contributed by atoms with Crippen LogP contribution in [0.5, 0.6) is 5.88 Å². The molecule has 0 aromatic carbocycles. The monoisotopic (exact) mass is 277 g/mol. The van der Waals surface area contributed by atoms with Gasteiger partial charge in [0.1, 0.15) is 12.0 Å². The lowest BCUT2D eigenvalue weighted by Crippen LogP contribution is -2.54. The quantitative estimate of drug-likeness (QED) is 0.800. The maximum atomic E-state index is 11.4. The van der Waals surface area contributed by atoms with E-state index in [1.165, 1.54) is 6.33 Å². The second kappa shape index (κ2) is 5.15. The van der Waals surface area contributed by atoms with Crippen LogP contribution in [-0.2, 0) is 4.79 Å². The number of nitrogens with zero attached hydrogens (tertiary/aromatic N) is 3. The van der Waals surface area contributed by atoms with Crippen LogP contribution in [0.2, 0.25) is 0 Å². The van der Waals surface area contributed by atoms with Crippen LogP contribution in [0.25, 0.3) is 0 Å². The first-order chi connectivity index (χ1) is 9.69. The molecule has 0 bridgehead atoms. The number of nitrogens with two attached hydrogens (primary N) is 1. The third-order valence-corrected chi connectivity index (χ3v) is 4.14. The van der Waals surface area contributed by atoms with Gasteiger partial charge >= 0.3 is 0 Å². The number of nitrogens with one attached hydrogen (secondary N) is 1. The van der Waals surface area contributed by atoms with Crippen LogP contribution >= 0.6 is 0 Å². The molecule has 0 saturated carbocycles.